The lowest BCUT2D eigenvalue weighted by Gasteiger charge is -2.22. The predicted octanol–water partition coefficient (Wildman–Crippen LogP) is 5.02. The third-order valence-electron chi connectivity index (χ3n) is 6.83. The molecule has 10 nitrogen and oxygen atoms in total. The van der Waals surface area contributed by atoms with E-state index >= 15 is 0 Å². The van der Waals surface area contributed by atoms with Gasteiger partial charge in [-0.05, 0) is 61.4 Å². The van der Waals surface area contributed by atoms with Crippen molar-refractivity contribution in [2.24, 2.45) is 5.92 Å². The first-order valence-corrected chi connectivity index (χ1v) is 15.7. The molecule has 2 aromatic carbocycles. The van der Waals surface area contributed by atoms with Crippen molar-refractivity contribution < 1.29 is 27.5 Å². The van der Waals surface area contributed by atoms with Crippen LogP contribution in [0.15, 0.2) is 41.3 Å². The number of benzene rings is 2. The van der Waals surface area contributed by atoms with Crippen LogP contribution in [-0.2, 0) is 21.2 Å². The van der Waals surface area contributed by atoms with E-state index in [0.29, 0.717) is 24.4 Å². The quantitative estimate of drug-likeness (QED) is 0.267. The summed E-state index contributed by atoms with van der Waals surface area (Å²) in [6.45, 7) is 4.31. The summed E-state index contributed by atoms with van der Waals surface area (Å²) in [4.78, 5) is 37.5. The Bertz CT molecular complexity index is 1330. The lowest BCUT2D eigenvalue weighted by atomic mass is 9.96. The molecule has 0 aromatic heterocycles. The van der Waals surface area contributed by atoms with Gasteiger partial charge in [-0.3, -0.25) is 9.59 Å². The second-order valence-corrected chi connectivity index (χ2v) is 12.7. The molecule has 0 bridgehead atoms. The topological polar surface area (TPSA) is 143 Å². The van der Waals surface area contributed by atoms with Gasteiger partial charge in [-0.1, -0.05) is 56.8 Å². The number of methoxy groups -OCH3 is 1. The first-order chi connectivity index (χ1) is 19.5. The summed E-state index contributed by atoms with van der Waals surface area (Å²) in [6.07, 6.45) is 6.33. The number of ether oxygens (including phenoxy) is 1. The Morgan fingerprint density at radius 3 is 2.37 bits per heavy atom. The van der Waals surface area contributed by atoms with E-state index in [4.69, 9.17) is 16.3 Å². The monoisotopic (exact) mass is 606 g/mol. The van der Waals surface area contributed by atoms with Gasteiger partial charge in [0.2, 0.25) is 5.91 Å². The Morgan fingerprint density at radius 2 is 1.73 bits per heavy atom. The number of urea groups is 1. The van der Waals surface area contributed by atoms with E-state index < -0.39 is 22.0 Å². The molecule has 0 heterocycles. The molecule has 1 fully saturated rings. The summed E-state index contributed by atoms with van der Waals surface area (Å²) < 4.78 is 32.8. The van der Waals surface area contributed by atoms with Crippen LogP contribution >= 0.6 is 11.6 Å². The normalized spacial score (nSPS) is 13.9. The van der Waals surface area contributed by atoms with Crippen LogP contribution in [0.2, 0.25) is 5.02 Å². The van der Waals surface area contributed by atoms with E-state index in [1.165, 1.54) is 31.4 Å². The fourth-order valence-corrected chi connectivity index (χ4v) is 5.73. The smallest absolute Gasteiger partial charge is 0.328 e. The van der Waals surface area contributed by atoms with E-state index in [1.807, 2.05) is 13.8 Å². The standard InChI is InChI=1S/C29H39ClN4O6S/c1-19(2)9-14-26(35)33-25-18-21(30)17-24(27(25)40-3)28(36)31-16-15-20-10-12-23(13-11-20)41(38,39)34-29(37)32-22-7-5-4-6-8-22/h10-13,17-19,22H,4-9,14-16H2,1-3H3,(H,31,36)(H,33,35)(H2,32,34,37). The zero-order valence-corrected chi connectivity index (χ0v) is 25.3. The third-order valence-corrected chi connectivity index (χ3v) is 8.39. The minimum absolute atomic E-state index is 0.0107. The van der Waals surface area contributed by atoms with E-state index in [1.54, 1.807) is 12.1 Å². The highest BCUT2D eigenvalue weighted by Gasteiger charge is 2.22. The molecule has 1 aliphatic rings. The molecule has 1 aliphatic carbocycles. The molecule has 1 saturated carbocycles. The molecule has 2 aromatic rings. The summed E-state index contributed by atoms with van der Waals surface area (Å²) in [5.74, 6) is -0.0528. The Kier molecular flexibility index (Phi) is 11.8. The molecule has 41 heavy (non-hydrogen) atoms. The van der Waals surface area contributed by atoms with Crippen molar-refractivity contribution in [1.29, 1.82) is 0 Å². The SMILES string of the molecule is COc1c(NC(=O)CCC(C)C)cc(Cl)cc1C(=O)NCCc1ccc(S(=O)(=O)NC(=O)NC2CCCCC2)cc1. The zero-order valence-electron chi connectivity index (χ0n) is 23.7. The van der Waals surface area contributed by atoms with Gasteiger partial charge in [0, 0.05) is 24.0 Å². The molecule has 0 spiro atoms. The first kappa shape index (κ1) is 32.2. The van der Waals surface area contributed by atoms with Gasteiger partial charge in [0.1, 0.15) is 0 Å². The van der Waals surface area contributed by atoms with Crippen molar-refractivity contribution in [1.82, 2.24) is 15.4 Å². The van der Waals surface area contributed by atoms with Crippen LogP contribution in [-0.4, -0.2) is 46.0 Å². The fraction of sp³-hybridized carbons (Fsp3) is 0.483. The van der Waals surface area contributed by atoms with Crippen LogP contribution in [0.4, 0.5) is 10.5 Å². The zero-order chi connectivity index (χ0) is 30.0. The van der Waals surface area contributed by atoms with Crippen molar-refractivity contribution in [3.05, 3.63) is 52.5 Å². The number of hydrogen-bond acceptors (Lipinski definition) is 6. The average molecular weight is 607 g/mol. The van der Waals surface area contributed by atoms with E-state index in [-0.39, 0.29) is 39.7 Å². The van der Waals surface area contributed by atoms with Gasteiger partial charge in [0.05, 0.1) is 23.3 Å². The van der Waals surface area contributed by atoms with Gasteiger partial charge in [-0.15, -0.1) is 0 Å². The number of rotatable bonds is 12. The van der Waals surface area contributed by atoms with Crippen LogP contribution in [0, 0.1) is 5.92 Å². The first-order valence-electron chi connectivity index (χ1n) is 13.9. The maximum Gasteiger partial charge on any atom is 0.328 e. The van der Waals surface area contributed by atoms with Gasteiger partial charge >= 0.3 is 6.03 Å². The number of hydrogen-bond donors (Lipinski definition) is 4. The molecule has 4 amide bonds. The number of halogens is 1. The van der Waals surface area contributed by atoms with Gasteiger partial charge in [0.15, 0.2) is 5.75 Å². The molecule has 0 saturated heterocycles. The number of carbonyl (C=O) groups excluding carboxylic acids is 3. The lowest BCUT2D eigenvalue weighted by Crippen LogP contribution is -2.45. The second-order valence-electron chi connectivity index (χ2n) is 10.6. The molecule has 0 unspecified atom stereocenters. The lowest BCUT2D eigenvalue weighted by molar-refractivity contribution is -0.116. The van der Waals surface area contributed by atoms with Crippen LogP contribution in [0.25, 0.3) is 0 Å². The number of amides is 4. The molecule has 0 atom stereocenters. The molecular formula is C29H39ClN4O6S. The number of carbonyl (C=O) groups is 3. The van der Waals surface area contributed by atoms with Crippen molar-refractivity contribution in [2.45, 2.75) is 76.2 Å². The highest BCUT2D eigenvalue weighted by Crippen LogP contribution is 2.33. The number of sulfonamides is 1. The van der Waals surface area contributed by atoms with Gasteiger partial charge in [-0.25, -0.2) is 17.9 Å². The van der Waals surface area contributed by atoms with E-state index in [2.05, 4.69) is 20.7 Å². The Morgan fingerprint density at radius 1 is 1.05 bits per heavy atom. The molecule has 12 heteroatoms. The van der Waals surface area contributed by atoms with Crippen molar-refractivity contribution in [2.75, 3.05) is 19.0 Å². The van der Waals surface area contributed by atoms with E-state index in [9.17, 15) is 22.8 Å². The largest absolute Gasteiger partial charge is 0.494 e. The molecule has 0 radical (unpaired) electrons. The summed E-state index contributed by atoms with van der Waals surface area (Å²) in [6, 6.07) is 8.37. The minimum Gasteiger partial charge on any atom is -0.494 e. The fourth-order valence-electron chi connectivity index (χ4n) is 4.60. The van der Waals surface area contributed by atoms with Crippen LogP contribution in [0.5, 0.6) is 5.75 Å². The van der Waals surface area contributed by atoms with Crippen molar-refractivity contribution >= 4 is 45.2 Å². The molecule has 3 rings (SSSR count). The van der Waals surface area contributed by atoms with Crippen LogP contribution in [0.3, 0.4) is 0 Å². The number of anilines is 1. The maximum absolute atomic E-state index is 13.0. The van der Waals surface area contributed by atoms with Crippen LogP contribution in [0.1, 0.15) is 74.7 Å². The minimum atomic E-state index is -4.02. The summed E-state index contributed by atoms with van der Waals surface area (Å²) in [5, 5.41) is 8.59. The molecule has 4 N–H and O–H groups in total. The highest BCUT2D eigenvalue weighted by molar-refractivity contribution is 7.90. The Labute approximate surface area is 247 Å². The molecule has 224 valence electrons. The molecule has 0 aliphatic heterocycles. The second kappa shape index (κ2) is 15.1. The van der Waals surface area contributed by atoms with Gasteiger partial charge < -0.3 is 20.7 Å². The van der Waals surface area contributed by atoms with Crippen molar-refractivity contribution in [3.8, 4) is 5.75 Å². The average Bonchev–Trinajstić information content (AvgIpc) is 2.92. The Hall–Kier alpha value is -3.31. The van der Waals surface area contributed by atoms with E-state index in [0.717, 1.165) is 44.1 Å². The predicted molar refractivity (Wildman–Crippen MR) is 159 cm³/mol. The van der Waals surface area contributed by atoms with Gasteiger partial charge in [-0.2, -0.15) is 0 Å². The summed E-state index contributed by atoms with van der Waals surface area (Å²) in [5.41, 5.74) is 1.28. The van der Waals surface area contributed by atoms with Gasteiger partial charge in [0.25, 0.3) is 15.9 Å². The Balaban J connectivity index is 1.56. The summed E-state index contributed by atoms with van der Waals surface area (Å²) >= 11 is 6.23. The third kappa shape index (κ3) is 9.93. The number of nitrogens with one attached hydrogen (secondary N) is 4. The maximum atomic E-state index is 13.0. The summed E-state index contributed by atoms with van der Waals surface area (Å²) in [7, 11) is -2.61. The molecular weight excluding hydrogens is 568 g/mol. The highest BCUT2D eigenvalue weighted by atomic mass is 35.5. The van der Waals surface area contributed by atoms with Crippen LogP contribution < -0.4 is 25.4 Å². The van der Waals surface area contributed by atoms with Crippen molar-refractivity contribution in [3.63, 3.8) is 0 Å².